The van der Waals surface area contributed by atoms with E-state index in [0.29, 0.717) is 30.0 Å². The summed E-state index contributed by atoms with van der Waals surface area (Å²) in [6.07, 6.45) is -0.0574. The molecular weight excluding hydrogens is 415 g/mol. The maximum atomic E-state index is 13.9. The van der Waals surface area contributed by atoms with Crippen molar-refractivity contribution >= 4 is 35.0 Å². The van der Waals surface area contributed by atoms with Crippen LogP contribution in [0.3, 0.4) is 0 Å². The van der Waals surface area contributed by atoms with Crippen molar-refractivity contribution in [2.75, 3.05) is 30.5 Å². The number of carbonyl (C=O) groups excluding carboxylic acids is 2. The third-order valence-electron chi connectivity index (χ3n) is 4.94. The molecule has 0 radical (unpaired) electrons. The molecule has 0 atom stereocenters. The van der Waals surface area contributed by atoms with E-state index in [0.717, 1.165) is 15.5 Å². The van der Waals surface area contributed by atoms with Gasteiger partial charge < -0.3 is 15.0 Å². The number of carbonyl (C=O) groups is 2. The van der Waals surface area contributed by atoms with Crippen molar-refractivity contribution in [1.29, 1.82) is 0 Å². The van der Waals surface area contributed by atoms with Crippen LogP contribution in [0.1, 0.15) is 15.9 Å². The molecule has 31 heavy (non-hydrogen) atoms. The van der Waals surface area contributed by atoms with E-state index in [1.807, 2.05) is 36.4 Å². The highest BCUT2D eigenvalue weighted by molar-refractivity contribution is 7.99. The highest BCUT2D eigenvalue weighted by Gasteiger charge is 2.27. The molecule has 158 valence electrons. The minimum absolute atomic E-state index is 0.0574. The lowest BCUT2D eigenvalue weighted by Gasteiger charge is -2.23. The molecule has 2 amide bonds. The summed E-state index contributed by atoms with van der Waals surface area (Å²) in [4.78, 5) is 29.0. The van der Waals surface area contributed by atoms with Crippen molar-refractivity contribution in [3.05, 3.63) is 83.7 Å². The van der Waals surface area contributed by atoms with Crippen LogP contribution in [-0.2, 0) is 16.0 Å². The largest absolute Gasteiger partial charge is 0.383 e. The van der Waals surface area contributed by atoms with Gasteiger partial charge in [-0.3, -0.25) is 9.59 Å². The number of fused-ring (bicyclic) bond motifs is 2. The Morgan fingerprint density at radius 3 is 2.65 bits per heavy atom. The fourth-order valence-electron chi connectivity index (χ4n) is 3.43. The predicted molar refractivity (Wildman–Crippen MR) is 119 cm³/mol. The van der Waals surface area contributed by atoms with E-state index in [1.165, 1.54) is 17.8 Å². The molecule has 1 aliphatic heterocycles. The molecule has 7 heteroatoms. The average molecular weight is 437 g/mol. The van der Waals surface area contributed by atoms with Gasteiger partial charge in [-0.15, -0.1) is 0 Å². The van der Waals surface area contributed by atoms with Crippen LogP contribution < -0.4 is 10.2 Å². The molecule has 0 fully saturated rings. The summed E-state index contributed by atoms with van der Waals surface area (Å²) in [6, 6.07) is 19.1. The number of rotatable bonds is 6. The zero-order valence-corrected chi connectivity index (χ0v) is 17.7. The summed E-state index contributed by atoms with van der Waals surface area (Å²) in [5, 5.41) is 2.83. The maximum absolute atomic E-state index is 13.9. The number of nitrogens with one attached hydrogen (secondary N) is 1. The Balaban J connectivity index is 1.62. The molecule has 0 saturated carbocycles. The summed E-state index contributed by atoms with van der Waals surface area (Å²) in [7, 11) is 1.60. The van der Waals surface area contributed by atoms with Crippen LogP contribution >= 0.6 is 11.8 Å². The number of methoxy groups -OCH3 is 1. The topological polar surface area (TPSA) is 58.6 Å². The Morgan fingerprint density at radius 2 is 1.84 bits per heavy atom. The van der Waals surface area contributed by atoms with Crippen LogP contribution in [0.4, 0.5) is 15.8 Å². The van der Waals surface area contributed by atoms with Crippen molar-refractivity contribution in [1.82, 2.24) is 0 Å². The van der Waals surface area contributed by atoms with Crippen LogP contribution in [0.15, 0.2) is 76.5 Å². The zero-order chi connectivity index (χ0) is 21.8. The van der Waals surface area contributed by atoms with Crippen molar-refractivity contribution < 1.29 is 18.7 Å². The first-order chi connectivity index (χ1) is 15.1. The highest BCUT2D eigenvalue weighted by atomic mass is 32.2. The Bertz CT molecular complexity index is 1140. The fourth-order valence-corrected chi connectivity index (χ4v) is 4.54. The Labute approximate surface area is 184 Å². The van der Waals surface area contributed by atoms with E-state index in [4.69, 9.17) is 4.74 Å². The van der Waals surface area contributed by atoms with Crippen LogP contribution in [0, 0.1) is 5.82 Å². The second-order valence-corrected chi connectivity index (χ2v) is 8.13. The van der Waals surface area contributed by atoms with Crippen molar-refractivity contribution in [3.63, 3.8) is 0 Å². The van der Waals surface area contributed by atoms with E-state index < -0.39 is 5.82 Å². The number of hydrogen-bond donors (Lipinski definition) is 1. The van der Waals surface area contributed by atoms with Gasteiger partial charge in [-0.25, -0.2) is 4.39 Å². The molecular formula is C24H21FN2O3S. The number of halogens is 1. The number of nitrogens with zero attached hydrogens (tertiary/aromatic N) is 1. The number of hydrogen-bond acceptors (Lipinski definition) is 4. The van der Waals surface area contributed by atoms with E-state index in [1.54, 1.807) is 36.3 Å². The molecule has 1 heterocycles. The highest BCUT2D eigenvalue weighted by Crippen LogP contribution is 2.42. The van der Waals surface area contributed by atoms with E-state index >= 15 is 0 Å². The molecule has 3 aromatic rings. The summed E-state index contributed by atoms with van der Waals surface area (Å²) in [5.41, 5.74) is 2.32. The molecule has 3 aromatic carbocycles. The van der Waals surface area contributed by atoms with E-state index in [-0.39, 0.29) is 18.2 Å². The van der Waals surface area contributed by atoms with Gasteiger partial charge in [0.25, 0.3) is 5.91 Å². The first-order valence-corrected chi connectivity index (χ1v) is 10.6. The molecule has 0 bridgehead atoms. The lowest BCUT2D eigenvalue weighted by atomic mass is 10.1. The van der Waals surface area contributed by atoms with Crippen LogP contribution in [0.25, 0.3) is 0 Å². The maximum Gasteiger partial charge on any atom is 0.259 e. The number of anilines is 2. The minimum Gasteiger partial charge on any atom is -0.383 e. The molecule has 4 rings (SSSR count). The lowest BCUT2D eigenvalue weighted by molar-refractivity contribution is -0.115. The summed E-state index contributed by atoms with van der Waals surface area (Å²) >= 11 is 1.48. The van der Waals surface area contributed by atoms with Gasteiger partial charge in [-0.2, -0.15) is 0 Å². The van der Waals surface area contributed by atoms with Gasteiger partial charge in [0.05, 0.1) is 24.3 Å². The van der Waals surface area contributed by atoms with E-state index in [9.17, 15) is 14.0 Å². The van der Waals surface area contributed by atoms with Crippen LogP contribution in [0.2, 0.25) is 0 Å². The summed E-state index contributed by atoms with van der Waals surface area (Å²) < 4.78 is 19.0. The normalized spacial score (nSPS) is 12.7. The fraction of sp³-hybridized carbons (Fsp3) is 0.167. The monoisotopic (exact) mass is 436 g/mol. The first-order valence-electron chi connectivity index (χ1n) is 9.82. The molecule has 0 unspecified atom stereocenters. The second-order valence-electron chi connectivity index (χ2n) is 7.05. The molecule has 1 aliphatic rings. The molecule has 0 saturated heterocycles. The molecule has 0 spiro atoms. The zero-order valence-electron chi connectivity index (χ0n) is 16.9. The quantitative estimate of drug-likeness (QED) is 0.605. The first kappa shape index (κ1) is 21.1. The van der Waals surface area contributed by atoms with Gasteiger partial charge in [0, 0.05) is 29.1 Å². The van der Waals surface area contributed by atoms with Gasteiger partial charge in [-0.05, 0) is 42.0 Å². The summed E-state index contributed by atoms with van der Waals surface area (Å²) in [5.74, 6) is -0.800. The van der Waals surface area contributed by atoms with Gasteiger partial charge in [0.2, 0.25) is 5.91 Å². The number of amides is 2. The van der Waals surface area contributed by atoms with Crippen molar-refractivity contribution in [2.45, 2.75) is 16.2 Å². The molecule has 0 aliphatic carbocycles. The third-order valence-corrected chi connectivity index (χ3v) is 6.07. The predicted octanol–water partition coefficient (Wildman–Crippen LogP) is 4.76. The molecule has 0 aromatic heterocycles. The minimum atomic E-state index is -0.404. The van der Waals surface area contributed by atoms with Gasteiger partial charge in [0.15, 0.2) is 0 Å². The van der Waals surface area contributed by atoms with Gasteiger partial charge >= 0.3 is 0 Å². The Hall–Kier alpha value is -3.16. The number of ether oxygens (including phenoxy) is 1. The summed E-state index contributed by atoms with van der Waals surface area (Å²) in [6.45, 7) is 0.815. The standard InChI is InChI=1S/C24H21FN2O3S/c1-30-13-12-27-20-11-10-17(26-23(28)14-16-6-2-4-8-19(16)25)15-22(20)31-21-9-5-3-7-18(21)24(27)29/h2-11,15H,12-14H2,1H3,(H,26,28). The van der Waals surface area contributed by atoms with Crippen LogP contribution in [0.5, 0.6) is 0 Å². The van der Waals surface area contributed by atoms with Gasteiger partial charge in [-0.1, -0.05) is 42.1 Å². The lowest BCUT2D eigenvalue weighted by Crippen LogP contribution is -2.33. The second kappa shape index (κ2) is 9.32. The van der Waals surface area contributed by atoms with Crippen LogP contribution in [-0.4, -0.2) is 32.1 Å². The SMILES string of the molecule is COCCN1C(=O)c2ccccc2Sc2cc(NC(=O)Cc3ccccc3F)ccc21. The van der Waals surface area contributed by atoms with Gasteiger partial charge in [0.1, 0.15) is 5.82 Å². The van der Waals surface area contributed by atoms with Crippen molar-refractivity contribution in [2.24, 2.45) is 0 Å². The van der Waals surface area contributed by atoms with Crippen molar-refractivity contribution in [3.8, 4) is 0 Å². The molecule has 5 nitrogen and oxygen atoms in total. The van der Waals surface area contributed by atoms with E-state index in [2.05, 4.69) is 5.32 Å². The third kappa shape index (κ3) is 4.62. The molecule has 1 N–H and O–H groups in total. The number of benzene rings is 3. The Kier molecular flexibility index (Phi) is 6.34. The average Bonchev–Trinajstić information content (AvgIpc) is 2.88. The Morgan fingerprint density at radius 1 is 1.06 bits per heavy atom. The smallest absolute Gasteiger partial charge is 0.259 e.